The van der Waals surface area contributed by atoms with Crippen molar-refractivity contribution in [2.24, 2.45) is 5.92 Å². The molecule has 1 unspecified atom stereocenters. The van der Waals surface area contributed by atoms with E-state index < -0.39 is 17.7 Å². The molecule has 1 aromatic rings. The zero-order valence-corrected chi connectivity index (χ0v) is 8.12. The number of hydrogen-bond acceptors (Lipinski definition) is 3. The van der Waals surface area contributed by atoms with E-state index in [9.17, 15) is 14.0 Å². The summed E-state index contributed by atoms with van der Waals surface area (Å²) in [6.45, 7) is 1.35. The summed E-state index contributed by atoms with van der Waals surface area (Å²) >= 11 is 0. The van der Waals surface area contributed by atoms with Gasteiger partial charge in [-0.25, -0.2) is 4.39 Å². The van der Waals surface area contributed by atoms with E-state index in [4.69, 9.17) is 4.74 Å². The summed E-state index contributed by atoms with van der Waals surface area (Å²) in [6.07, 6.45) is 0.295. The molecule has 4 heteroatoms. The molecule has 78 valence electrons. The van der Waals surface area contributed by atoms with E-state index in [1.54, 1.807) is 0 Å². The Morgan fingerprint density at radius 3 is 2.93 bits per heavy atom. The number of rotatable bonds is 1. The molecule has 3 nitrogen and oxygen atoms in total. The lowest BCUT2D eigenvalue weighted by Gasteiger charge is -2.21. The first-order valence-electron chi connectivity index (χ1n) is 4.58. The Kier molecular flexibility index (Phi) is 2.26. The highest BCUT2D eigenvalue weighted by Gasteiger charge is 2.31. The SMILES string of the molecule is CC(=O)C1Cc2ccc(F)cc2OC1=O. The molecule has 0 bridgehead atoms. The minimum absolute atomic E-state index is 0.220. The van der Waals surface area contributed by atoms with Crippen LogP contribution in [0.5, 0.6) is 5.75 Å². The molecular formula is C11H9FO3. The van der Waals surface area contributed by atoms with Gasteiger partial charge in [-0.1, -0.05) is 6.07 Å². The van der Waals surface area contributed by atoms with E-state index in [0.717, 1.165) is 6.07 Å². The lowest BCUT2D eigenvalue weighted by molar-refractivity contribution is -0.144. The van der Waals surface area contributed by atoms with Gasteiger partial charge in [0, 0.05) is 6.07 Å². The highest BCUT2D eigenvalue weighted by molar-refractivity contribution is 5.99. The van der Waals surface area contributed by atoms with Crippen LogP contribution in [0, 0.1) is 11.7 Å². The van der Waals surface area contributed by atoms with Gasteiger partial charge in [-0.15, -0.1) is 0 Å². The molecule has 0 saturated carbocycles. The molecule has 15 heavy (non-hydrogen) atoms. The summed E-state index contributed by atoms with van der Waals surface area (Å²) in [5.74, 6) is -1.81. The van der Waals surface area contributed by atoms with Crippen molar-refractivity contribution in [3.63, 3.8) is 0 Å². The van der Waals surface area contributed by atoms with E-state index in [2.05, 4.69) is 0 Å². The van der Waals surface area contributed by atoms with Crippen molar-refractivity contribution in [3.8, 4) is 5.75 Å². The number of Topliss-reactive ketones (excluding diaryl/α,β-unsaturated/α-hetero) is 1. The summed E-state index contributed by atoms with van der Waals surface area (Å²) in [5.41, 5.74) is 0.691. The fourth-order valence-electron chi connectivity index (χ4n) is 1.58. The lowest BCUT2D eigenvalue weighted by Crippen LogP contribution is -2.32. The number of fused-ring (bicyclic) bond motifs is 1. The smallest absolute Gasteiger partial charge is 0.322 e. The molecule has 0 amide bonds. The Balaban J connectivity index is 2.38. The third-order valence-electron chi connectivity index (χ3n) is 2.44. The monoisotopic (exact) mass is 208 g/mol. The van der Waals surface area contributed by atoms with E-state index >= 15 is 0 Å². The van der Waals surface area contributed by atoms with Gasteiger partial charge >= 0.3 is 5.97 Å². The standard InChI is InChI=1S/C11H9FO3/c1-6(13)9-4-7-2-3-8(12)5-10(7)15-11(9)14/h2-3,5,9H,4H2,1H3. The maximum Gasteiger partial charge on any atom is 0.322 e. The molecule has 1 atom stereocenters. The number of esters is 1. The Bertz CT molecular complexity index is 439. The maximum absolute atomic E-state index is 12.8. The van der Waals surface area contributed by atoms with Gasteiger partial charge in [-0.2, -0.15) is 0 Å². The van der Waals surface area contributed by atoms with Crippen LogP contribution >= 0.6 is 0 Å². The fourth-order valence-corrected chi connectivity index (χ4v) is 1.58. The molecule has 0 N–H and O–H groups in total. The van der Waals surface area contributed by atoms with Gasteiger partial charge in [0.1, 0.15) is 23.3 Å². The van der Waals surface area contributed by atoms with Crippen LogP contribution in [0.3, 0.4) is 0 Å². The molecule has 0 aliphatic carbocycles. The van der Waals surface area contributed by atoms with Crippen LogP contribution in [-0.4, -0.2) is 11.8 Å². The second kappa shape index (κ2) is 3.46. The molecular weight excluding hydrogens is 199 g/mol. The summed E-state index contributed by atoms with van der Waals surface area (Å²) in [6, 6.07) is 3.98. The molecule has 2 rings (SSSR count). The predicted molar refractivity (Wildman–Crippen MR) is 49.9 cm³/mol. The number of benzene rings is 1. The molecule has 0 saturated heterocycles. The summed E-state index contributed by atoms with van der Waals surface area (Å²) < 4.78 is 17.7. The van der Waals surface area contributed by atoms with E-state index in [0.29, 0.717) is 12.0 Å². The molecule has 0 aromatic heterocycles. The number of carbonyl (C=O) groups excluding carboxylic acids is 2. The Hall–Kier alpha value is -1.71. The van der Waals surface area contributed by atoms with Crippen LogP contribution in [0.1, 0.15) is 12.5 Å². The van der Waals surface area contributed by atoms with Gasteiger partial charge in [0.2, 0.25) is 0 Å². The van der Waals surface area contributed by atoms with Gasteiger partial charge < -0.3 is 4.74 Å². The van der Waals surface area contributed by atoms with Crippen LogP contribution in [-0.2, 0) is 16.0 Å². The topological polar surface area (TPSA) is 43.4 Å². The van der Waals surface area contributed by atoms with Crippen LogP contribution < -0.4 is 4.74 Å². The van der Waals surface area contributed by atoms with E-state index in [-0.39, 0.29) is 11.5 Å². The van der Waals surface area contributed by atoms with Crippen molar-refractivity contribution in [3.05, 3.63) is 29.6 Å². The molecule has 1 aliphatic rings. The molecule has 1 aliphatic heterocycles. The largest absolute Gasteiger partial charge is 0.426 e. The fraction of sp³-hybridized carbons (Fsp3) is 0.273. The quantitative estimate of drug-likeness (QED) is 0.399. The Morgan fingerprint density at radius 1 is 1.53 bits per heavy atom. The molecule has 0 spiro atoms. The van der Waals surface area contributed by atoms with Gasteiger partial charge in [0.05, 0.1) is 0 Å². The molecule has 1 heterocycles. The molecule has 0 fully saturated rings. The van der Waals surface area contributed by atoms with Crippen molar-refractivity contribution in [2.45, 2.75) is 13.3 Å². The highest BCUT2D eigenvalue weighted by Crippen LogP contribution is 2.28. The maximum atomic E-state index is 12.8. The minimum Gasteiger partial charge on any atom is -0.426 e. The Labute approximate surface area is 85.9 Å². The average molecular weight is 208 g/mol. The Morgan fingerprint density at radius 2 is 2.27 bits per heavy atom. The van der Waals surface area contributed by atoms with Crippen LogP contribution in [0.2, 0.25) is 0 Å². The van der Waals surface area contributed by atoms with Crippen LogP contribution in [0.25, 0.3) is 0 Å². The second-order valence-electron chi connectivity index (χ2n) is 3.54. The van der Waals surface area contributed by atoms with Gasteiger partial charge in [-0.3, -0.25) is 9.59 Å². The zero-order chi connectivity index (χ0) is 11.0. The van der Waals surface area contributed by atoms with Crippen LogP contribution in [0.15, 0.2) is 18.2 Å². The van der Waals surface area contributed by atoms with Crippen molar-refractivity contribution >= 4 is 11.8 Å². The number of halogens is 1. The van der Waals surface area contributed by atoms with Gasteiger partial charge in [0.15, 0.2) is 0 Å². The van der Waals surface area contributed by atoms with Crippen molar-refractivity contribution in [1.82, 2.24) is 0 Å². The number of carbonyl (C=O) groups is 2. The lowest BCUT2D eigenvalue weighted by atomic mass is 9.93. The average Bonchev–Trinajstić information content (AvgIpc) is 2.15. The normalized spacial score (nSPS) is 19.3. The number of ether oxygens (including phenoxy) is 1. The molecule has 1 aromatic carbocycles. The second-order valence-corrected chi connectivity index (χ2v) is 3.54. The summed E-state index contributed by atoms with van der Waals surface area (Å²) in [4.78, 5) is 22.5. The summed E-state index contributed by atoms with van der Waals surface area (Å²) in [5, 5.41) is 0. The third-order valence-corrected chi connectivity index (χ3v) is 2.44. The van der Waals surface area contributed by atoms with Crippen molar-refractivity contribution < 1.29 is 18.7 Å². The summed E-state index contributed by atoms with van der Waals surface area (Å²) in [7, 11) is 0. The first kappa shape index (κ1) is 9.83. The number of ketones is 1. The van der Waals surface area contributed by atoms with Crippen LogP contribution in [0.4, 0.5) is 4.39 Å². The zero-order valence-electron chi connectivity index (χ0n) is 8.12. The van der Waals surface area contributed by atoms with Gasteiger partial charge in [-0.05, 0) is 25.0 Å². The first-order valence-corrected chi connectivity index (χ1v) is 4.58. The highest BCUT2D eigenvalue weighted by atomic mass is 19.1. The molecule has 0 radical (unpaired) electrons. The number of hydrogen-bond donors (Lipinski definition) is 0. The van der Waals surface area contributed by atoms with Gasteiger partial charge in [0.25, 0.3) is 0 Å². The van der Waals surface area contributed by atoms with E-state index in [1.165, 1.54) is 19.1 Å². The van der Waals surface area contributed by atoms with E-state index in [1.807, 2.05) is 0 Å². The first-order chi connectivity index (χ1) is 7.08. The predicted octanol–water partition coefficient (Wildman–Crippen LogP) is 1.49. The third kappa shape index (κ3) is 1.75. The minimum atomic E-state index is -0.747. The van der Waals surface area contributed by atoms with Crippen molar-refractivity contribution in [2.75, 3.05) is 0 Å². The van der Waals surface area contributed by atoms with Crippen molar-refractivity contribution in [1.29, 1.82) is 0 Å².